The monoisotopic (exact) mass is 504 g/mol. The van der Waals surface area contributed by atoms with Gasteiger partial charge in [0.2, 0.25) is 0 Å². The molecule has 0 spiro atoms. The molecule has 35 heavy (non-hydrogen) atoms. The number of H-pyrrole nitrogens is 1. The Balaban J connectivity index is 1.41. The third-order valence-corrected chi connectivity index (χ3v) is 6.15. The maximum Gasteiger partial charge on any atom is 0.303 e. The van der Waals surface area contributed by atoms with E-state index in [9.17, 15) is 9.59 Å². The predicted octanol–water partition coefficient (Wildman–Crippen LogP) is 6.35. The molecule has 3 N–H and O–H groups in total. The molecular formula is C26H18Cl2N4O3. The molecule has 0 saturated carbocycles. The number of pyridine rings is 1. The highest BCUT2D eigenvalue weighted by Crippen LogP contribution is 2.35. The number of amides is 1. The van der Waals surface area contributed by atoms with E-state index in [0.717, 1.165) is 16.5 Å². The van der Waals surface area contributed by atoms with Crippen molar-refractivity contribution in [2.75, 3.05) is 5.32 Å². The van der Waals surface area contributed by atoms with Gasteiger partial charge >= 0.3 is 5.97 Å². The zero-order valence-electron chi connectivity index (χ0n) is 18.2. The normalized spacial score (nSPS) is 11.1. The molecule has 0 bridgehead atoms. The van der Waals surface area contributed by atoms with E-state index < -0.39 is 5.97 Å². The summed E-state index contributed by atoms with van der Waals surface area (Å²) >= 11 is 12.9. The van der Waals surface area contributed by atoms with Crippen LogP contribution in [-0.2, 0) is 11.2 Å². The van der Waals surface area contributed by atoms with E-state index in [1.807, 2.05) is 30.3 Å². The van der Waals surface area contributed by atoms with Gasteiger partial charge in [-0.05, 0) is 60.5 Å². The number of benzene rings is 3. The highest BCUT2D eigenvalue weighted by atomic mass is 35.5. The molecule has 7 nitrogen and oxygen atoms in total. The number of aliphatic carboxylic acids is 1. The number of carbonyl (C=O) groups excluding carboxylic acids is 1. The number of hydrogen-bond acceptors (Lipinski definition) is 4. The van der Waals surface area contributed by atoms with Crippen LogP contribution in [-0.4, -0.2) is 31.9 Å². The average molecular weight is 505 g/mol. The van der Waals surface area contributed by atoms with Gasteiger partial charge in [0.15, 0.2) is 0 Å². The summed E-state index contributed by atoms with van der Waals surface area (Å²) in [6.07, 6.45) is 0.302. The summed E-state index contributed by atoms with van der Waals surface area (Å²) in [5, 5.41) is 13.4. The minimum atomic E-state index is -0.894. The Hall–Kier alpha value is -3.94. The highest BCUT2D eigenvalue weighted by Gasteiger charge is 2.16. The highest BCUT2D eigenvalue weighted by molar-refractivity contribution is 6.39. The summed E-state index contributed by atoms with van der Waals surface area (Å²) in [4.78, 5) is 35.9. The summed E-state index contributed by atoms with van der Waals surface area (Å²) < 4.78 is 0. The van der Waals surface area contributed by atoms with Crippen molar-refractivity contribution >= 4 is 62.8 Å². The average Bonchev–Trinajstić information content (AvgIpc) is 3.25. The van der Waals surface area contributed by atoms with Crippen LogP contribution < -0.4 is 5.32 Å². The lowest BCUT2D eigenvalue weighted by molar-refractivity contribution is -0.136. The number of carboxylic acid groups (broad SMARTS) is 1. The SMILES string of the molecule is O=C(O)CCc1cc(Cl)c(-c2nc3ccc(C(=O)Nc4ccc5ccccc5n4)cc3[nH]2)c(Cl)c1. The van der Waals surface area contributed by atoms with Crippen LogP contribution in [0.1, 0.15) is 22.3 Å². The Bertz CT molecular complexity index is 1590. The first-order valence-corrected chi connectivity index (χ1v) is 11.5. The van der Waals surface area contributed by atoms with Crippen LogP contribution in [0.25, 0.3) is 33.3 Å². The van der Waals surface area contributed by atoms with Gasteiger partial charge in [0.1, 0.15) is 11.6 Å². The van der Waals surface area contributed by atoms with Gasteiger partial charge in [-0.25, -0.2) is 9.97 Å². The van der Waals surface area contributed by atoms with Gasteiger partial charge in [-0.15, -0.1) is 0 Å². The molecule has 2 aromatic heterocycles. The number of imidazole rings is 1. The van der Waals surface area contributed by atoms with Crippen LogP contribution in [0, 0.1) is 0 Å². The maximum atomic E-state index is 12.9. The third kappa shape index (κ3) is 4.82. The molecule has 2 heterocycles. The largest absolute Gasteiger partial charge is 0.481 e. The predicted molar refractivity (Wildman–Crippen MR) is 137 cm³/mol. The second-order valence-electron chi connectivity index (χ2n) is 7.99. The number of carboxylic acids is 1. The molecule has 5 aromatic rings. The number of nitrogens with zero attached hydrogens (tertiary/aromatic N) is 2. The zero-order chi connectivity index (χ0) is 24.5. The summed E-state index contributed by atoms with van der Waals surface area (Å²) in [6.45, 7) is 0. The molecule has 5 rings (SSSR count). The van der Waals surface area contributed by atoms with Gasteiger partial charge in [-0.1, -0.05) is 41.4 Å². The number of anilines is 1. The first-order chi connectivity index (χ1) is 16.9. The van der Waals surface area contributed by atoms with E-state index in [0.29, 0.717) is 50.3 Å². The molecule has 0 aliphatic heterocycles. The van der Waals surface area contributed by atoms with Gasteiger partial charge in [-0.3, -0.25) is 9.59 Å². The standard InChI is InChI=1S/C26H18Cl2N4O3/c27-17-11-14(5-10-23(33)34)12-18(28)24(17)25-30-20-8-6-16(13-21(20)31-25)26(35)32-22-9-7-15-3-1-2-4-19(15)29-22/h1-4,6-9,11-13H,5,10H2,(H,30,31)(H,33,34)(H,29,32,35). The Morgan fingerprint density at radius 2 is 1.69 bits per heavy atom. The number of aryl methyl sites for hydroxylation is 1. The van der Waals surface area contributed by atoms with E-state index in [-0.39, 0.29) is 12.3 Å². The lowest BCUT2D eigenvalue weighted by Crippen LogP contribution is -2.12. The van der Waals surface area contributed by atoms with E-state index >= 15 is 0 Å². The number of hydrogen-bond donors (Lipinski definition) is 3. The van der Waals surface area contributed by atoms with Crippen molar-refractivity contribution in [2.45, 2.75) is 12.8 Å². The number of nitrogens with one attached hydrogen (secondary N) is 2. The molecule has 0 aliphatic rings. The number of halogens is 2. The summed E-state index contributed by atoms with van der Waals surface area (Å²) in [5.74, 6) is -0.284. The van der Waals surface area contributed by atoms with Crippen molar-refractivity contribution in [2.24, 2.45) is 0 Å². The lowest BCUT2D eigenvalue weighted by Gasteiger charge is -2.07. The number of carbonyl (C=O) groups is 2. The molecule has 0 fully saturated rings. The van der Waals surface area contributed by atoms with Gasteiger partial charge < -0.3 is 15.4 Å². The van der Waals surface area contributed by atoms with Crippen LogP contribution in [0.3, 0.4) is 0 Å². The summed E-state index contributed by atoms with van der Waals surface area (Å²) in [6, 6.07) is 19.8. The molecule has 0 saturated heterocycles. The molecule has 0 unspecified atom stereocenters. The third-order valence-electron chi connectivity index (χ3n) is 5.55. The fourth-order valence-electron chi connectivity index (χ4n) is 3.84. The van der Waals surface area contributed by atoms with Crippen molar-refractivity contribution < 1.29 is 14.7 Å². The Morgan fingerprint density at radius 1 is 0.914 bits per heavy atom. The topological polar surface area (TPSA) is 108 Å². The van der Waals surface area contributed by atoms with Crippen LogP contribution in [0.4, 0.5) is 5.82 Å². The second-order valence-corrected chi connectivity index (χ2v) is 8.80. The minimum Gasteiger partial charge on any atom is -0.481 e. The van der Waals surface area contributed by atoms with Crippen molar-refractivity contribution in [3.05, 3.63) is 87.9 Å². The van der Waals surface area contributed by atoms with Crippen LogP contribution in [0.2, 0.25) is 10.0 Å². The summed E-state index contributed by atoms with van der Waals surface area (Å²) in [5.41, 5.74) is 3.74. The van der Waals surface area contributed by atoms with Crippen molar-refractivity contribution in [1.82, 2.24) is 15.0 Å². The quantitative estimate of drug-likeness (QED) is 0.249. The van der Waals surface area contributed by atoms with Crippen molar-refractivity contribution in [3.63, 3.8) is 0 Å². The first kappa shape index (κ1) is 22.8. The fraction of sp³-hybridized carbons (Fsp3) is 0.0769. The lowest BCUT2D eigenvalue weighted by atomic mass is 10.1. The first-order valence-electron chi connectivity index (χ1n) is 10.7. The fourth-order valence-corrected chi connectivity index (χ4v) is 4.55. The van der Waals surface area contributed by atoms with Gasteiger partial charge in [0.05, 0.1) is 32.2 Å². The summed E-state index contributed by atoms with van der Waals surface area (Å²) in [7, 11) is 0. The molecule has 0 aliphatic carbocycles. The van der Waals surface area contributed by atoms with Crippen molar-refractivity contribution in [1.29, 1.82) is 0 Å². The van der Waals surface area contributed by atoms with Gasteiger partial charge in [0, 0.05) is 17.4 Å². The van der Waals surface area contributed by atoms with E-state index in [1.54, 1.807) is 36.4 Å². The van der Waals surface area contributed by atoms with E-state index in [4.69, 9.17) is 28.3 Å². The number of aromatic nitrogens is 3. The van der Waals surface area contributed by atoms with Gasteiger partial charge in [0.25, 0.3) is 5.91 Å². The number of fused-ring (bicyclic) bond motifs is 2. The minimum absolute atomic E-state index is 0.0177. The number of rotatable bonds is 6. The molecular weight excluding hydrogens is 487 g/mol. The Kier molecular flexibility index (Phi) is 6.11. The second kappa shape index (κ2) is 9.37. The molecule has 1 amide bonds. The molecule has 3 aromatic carbocycles. The van der Waals surface area contributed by atoms with Crippen LogP contribution >= 0.6 is 23.2 Å². The smallest absolute Gasteiger partial charge is 0.303 e. The Labute approximate surface area is 209 Å². The van der Waals surface area contributed by atoms with Crippen molar-refractivity contribution in [3.8, 4) is 11.4 Å². The molecule has 174 valence electrons. The zero-order valence-corrected chi connectivity index (χ0v) is 19.7. The maximum absolute atomic E-state index is 12.9. The number of aromatic amines is 1. The van der Waals surface area contributed by atoms with Crippen LogP contribution in [0.5, 0.6) is 0 Å². The molecule has 0 radical (unpaired) electrons. The van der Waals surface area contributed by atoms with Crippen LogP contribution in [0.15, 0.2) is 66.7 Å². The Morgan fingerprint density at radius 3 is 2.46 bits per heavy atom. The molecule has 0 atom stereocenters. The van der Waals surface area contributed by atoms with E-state index in [1.165, 1.54) is 0 Å². The van der Waals surface area contributed by atoms with Gasteiger partial charge in [-0.2, -0.15) is 0 Å². The van der Waals surface area contributed by atoms with E-state index in [2.05, 4.69) is 20.3 Å². The number of para-hydroxylation sites is 1. The molecule has 9 heteroatoms.